The Kier molecular flexibility index (Phi) is 5.55. The first kappa shape index (κ1) is 21.1. The third-order valence-corrected chi connectivity index (χ3v) is 6.81. The Morgan fingerprint density at radius 2 is 1.91 bits per heavy atom. The van der Waals surface area contributed by atoms with Crippen LogP contribution in [0.25, 0.3) is 0 Å². The maximum absolute atomic E-state index is 13.3. The van der Waals surface area contributed by atoms with Gasteiger partial charge in [-0.2, -0.15) is 0 Å². The summed E-state index contributed by atoms with van der Waals surface area (Å²) in [5.74, 6) is 0.295. The highest BCUT2D eigenvalue weighted by Crippen LogP contribution is 2.44. The lowest BCUT2D eigenvalue weighted by Crippen LogP contribution is -2.32. The van der Waals surface area contributed by atoms with Gasteiger partial charge in [0.15, 0.2) is 10.9 Å². The van der Waals surface area contributed by atoms with Crippen molar-refractivity contribution in [3.05, 3.63) is 103 Å². The highest BCUT2D eigenvalue weighted by molar-refractivity contribution is 7.98. The van der Waals surface area contributed by atoms with Crippen LogP contribution in [0.15, 0.2) is 75.8 Å². The number of allylic oxidation sites excluding steroid dienone is 2. The quantitative estimate of drug-likeness (QED) is 0.248. The summed E-state index contributed by atoms with van der Waals surface area (Å²) < 4.78 is 0. The van der Waals surface area contributed by atoms with E-state index < -0.39 is 10.8 Å². The van der Waals surface area contributed by atoms with E-state index in [1.54, 1.807) is 12.1 Å². The lowest BCUT2D eigenvalue weighted by Gasteiger charge is -2.32. The van der Waals surface area contributed by atoms with E-state index in [9.17, 15) is 19.7 Å². The van der Waals surface area contributed by atoms with Crippen molar-refractivity contribution in [2.75, 3.05) is 5.32 Å². The van der Waals surface area contributed by atoms with Gasteiger partial charge in [0.1, 0.15) is 5.82 Å². The number of nitro groups is 1. The number of Topliss-reactive ketones (excluding diaryl/α,β-unsaturated/α-hetero) is 1. The number of rotatable bonds is 5. The molecule has 0 radical (unpaired) electrons. The summed E-state index contributed by atoms with van der Waals surface area (Å²) in [6.45, 7) is 0. The number of non-ortho nitro benzene ring substituents is 1. The Morgan fingerprint density at radius 1 is 1.09 bits per heavy atom. The number of nitro benzene ring substituents is 1. The Balaban J connectivity index is 1.59. The van der Waals surface area contributed by atoms with E-state index in [2.05, 4.69) is 15.3 Å². The standard InChI is InChI=1S/C24H20N4O4S/c29-18-11-5-10-17-20(18)19(15-8-4-9-16(12-15)28(31)32)21-22(25-17)26-24(27-23(21)30)33-13-14-6-2-1-3-7-14/h1-4,6-9,12,19H,5,10-11,13H2,(H2,25,26,27,30)/t19-/m1/s1. The number of anilines is 1. The van der Waals surface area contributed by atoms with E-state index >= 15 is 0 Å². The van der Waals surface area contributed by atoms with Crippen molar-refractivity contribution >= 4 is 29.1 Å². The van der Waals surface area contributed by atoms with Gasteiger partial charge in [-0.1, -0.05) is 54.2 Å². The molecule has 1 aromatic heterocycles. The summed E-state index contributed by atoms with van der Waals surface area (Å²) in [7, 11) is 0. The van der Waals surface area contributed by atoms with E-state index in [0.717, 1.165) is 11.3 Å². The summed E-state index contributed by atoms with van der Waals surface area (Å²) in [6.07, 6.45) is 1.75. The largest absolute Gasteiger partial charge is 0.343 e. The molecule has 2 N–H and O–H groups in total. The maximum atomic E-state index is 13.3. The van der Waals surface area contributed by atoms with Gasteiger partial charge in [0.2, 0.25) is 0 Å². The van der Waals surface area contributed by atoms with Gasteiger partial charge < -0.3 is 10.3 Å². The molecule has 3 aromatic rings. The van der Waals surface area contributed by atoms with Crippen molar-refractivity contribution in [1.82, 2.24) is 9.97 Å². The number of aromatic amines is 1. The van der Waals surface area contributed by atoms with E-state index in [1.165, 1.54) is 23.9 Å². The molecule has 0 unspecified atom stereocenters. The summed E-state index contributed by atoms with van der Waals surface area (Å²) in [4.78, 5) is 44.6. The monoisotopic (exact) mass is 460 g/mol. The maximum Gasteiger partial charge on any atom is 0.269 e. The minimum Gasteiger partial charge on any atom is -0.343 e. The molecule has 0 saturated heterocycles. The van der Waals surface area contributed by atoms with Gasteiger partial charge in [0.25, 0.3) is 11.2 Å². The fourth-order valence-electron chi connectivity index (χ4n) is 4.39. The average Bonchev–Trinajstić information content (AvgIpc) is 2.82. The number of hydrogen-bond acceptors (Lipinski definition) is 7. The Labute approximate surface area is 193 Å². The number of carbonyl (C=O) groups is 1. The van der Waals surface area contributed by atoms with Gasteiger partial charge in [-0.05, 0) is 24.0 Å². The number of hydrogen-bond donors (Lipinski definition) is 2. The molecule has 8 nitrogen and oxygen atoms in total. The third kappa shape index (κ3) is 4.07. The first-order valence-electron chi connectivity index (χ1n) is 10.6. The van der Waals surface area contributed by atoms with Crippen LogP contribution >= 0.6 is 11.8 Å². The molecular formula is C24H20N4O4S. The minimum absolute atomic E-state index is 0.0483. The predicted octanol–water partition coefficient (Wildman–Crippen LogP) is 4.53. The van der Waals surface area contributed by atoms with Crippen LogP contribution in [-0.2, 0) is 10.5 Å². The van der Waals surface area contributed by atoms with Crippen LogP contribution in [0.5, 0.6) is 0 Å². The number of thioether (sulfide) groups is 1. The molecular weight excluding hydrogens is 440 g/mol. The number of aromatic nitrogens is 2. The molecule has 0 fully saturated rings. The summed E-state index contributed by atoms with van der Waals surface area (Å²) >= 11 is 1.41. The van der Waals surface area contributed by atoms with Crippen LogP contribution < -0.4 is 10.9 Å². The van der Waals surface area contributed by atoms with Crippen LogP contribution in [0.3, 0.4) is 0 Å². The van der Waals surface area contributed by atoms with Crippen molar-refractivity contribution in [3.63, 3.8) is 0 Å². The van der Waals surface area contributed by atoms with Gasteiger partial charge in [-0.3, -0.25) is 19.7 Å². The third-order valence-electron chi connectivity index (χ3n) is 5.87. The molecule has 1 atom stereocenters. The molecule has 33 heavy (non-hydrogen) atoms. The summed E-state index contributed by atoms with van der Waals surface area (Å²) in [5.41, 5.74) is 2.76. The van der Waals surface area contributed by atoms with Gasteiger partial charge >= 0.3 is 0 Å². The number of fused-ring (bicyclic) bond motifs is 1. The molecule has 2 aromatic carbocycles. The molecule has 9 heteroatoms. The lowest BCUT2D eigenvalue weighted by molar-refractivity contribution is -0.384. The van der Waals surface area contributed by atoms with E-state index in [0.29, 0.717) is 52.7 Å². The highest BCUT2D eigenvalue weighted by Gasteiger charge is 2.38. The number of ketones is 1. The molecule has 1 aliphatic heterocycles. The van der Waals surface area contributed by atoms with E-state index in [1.807, 2.05) is 30.3 Å². The molecule has 0 spiro atoms. The van der Waals surface area contributed by atoms with Crippen LogP contribution in [0, 0.1) is 10.1 Å². The molecule has 0 bridgehead atoms. The van der Waals surface area contributed by atoms with Crippen molar-refractivity contribution in [2.24, 2.45) is 0 Å². The zero-order chi connectivity index (χ0) is 22.9. The SMILES string of the molecule is O=C1CCCC2=C1[C@@H](c1cccc([N+](=O)[O-])c1)c1c(nc(SCc3ccccc3)[nH]c1=O)N2. The first-order valence-corrected chi connectivity index (χ1v) is 11.6. The summed E-state index contributed by atoms with van der Waals surface area (Å²) in [5, 5.41) is 15.1. The highest BCUT2D eigenvalue weighted by atomic mass is 32.2. The van der Waals surface area contributed by atoms with Crippen LogP contribution in [-0.4, -0.2) is 20.7 Å². The van der Waals surface area contributed by atoms with Crippen molar-refractivity contribution in [1.29, 1.82) is 0 Å². The van der Waals surface area contributed by atoms with Gasteiger partial charge in [0, 0.05) is 41.5 Å². The van der Waals surface area contributed by atoms with E-state index in [-0.39, 0.29) is 17.0 Å². The molecule has 5 rings (SSSR count). The van der Waals surface area contributed by atoms with Crippen molar-refractivity contribution in [2.45, 2.75) is 36.1 Å². The number of nitrogens with one attached hydrogen (secondary N) is 2. The van der Waals surface area contributed by atoms with Crippen LogP contribution in [0.2, 0.25) is 0 Å². The molecule has 166 valence electrons. The zero-order valence-corrected chi connectivity index (χ0v) is 18.4. The fraction of sp³-hybridized carbons (Fsp3) is 0.208. The van der Waals surface area contributed by atoms with Crippen molar-refractivity contribution in [3.8, 4) is 0 Å². The number of nitrogens with zero attached hydrogens (tertiary/aromatic N) is 2. The molecule has 0 saturated carbocycles. The molecule has 1 aliphatic carbocycles. The number of H-pyrrole nitrogens is 1. The second-order valence-corrected chi connectivity index (χ2v) is 8.95. The Hall–Kier alpha value is -3.72. The number of carbonyl (C=O) groups excluding carboxylic acids is 1. The topological polar surface area (TPSA) is 118 Å². The molecule has 0 amide bonds. The second kappa shape index (κ2) is 8.67. The lowest BCUT2D eigenvalue weighted by atomic mass is 9.76. The first-order chi connectivity index (χ1) is 16.0. The smallest absolute Gasteiger partial charge is 0.269 e. The van der Waals surface area contributed by atoms with E-state index in [4.69, 9.17) is 0 Å². The molecule has 2 aliphatic rings. The Morgan fingerprint density at radius 3 is 2.70 bits per heavy atom. The predicted molar refractivity (Wildman–Crippen MR) is 125 cm³/mol. The Bertz CT molecular complexity index is 1350. The normalized spacial score (nSPS) is 17.2. The van der Waals surface area contributed by atoms with Gasteiger partial charge in [-0.25, -0.2) is 4.98 Å². The second-order valence-electron chi connectivity index (χ2n) is 7.99. The van der Waals surface area contributed by atoms with Gasteiger partial charge in [0.05, 0.1) is 10.5 Å². The van der Waals surface area contributed by atoms with Crippen molar-refractivity contribution < 1.29 is 9.72 Å². The molecule has 2 heterocycles. The zero-order valence-electron chi connectivity index (χ0n) is 17.5. The fourth-order valence-corrected chi connectivity index (χ4v) is 5.20. The average molecular weight is 461 g/mol. The van der Waals surface area contributed by atoms with Crippen LogP contribution in [0.4, 0.5) is 11.5 Å². The minimum atomic E-state index is -0.701. The van der Waals surface area contributed by atoms with Crippen LogP contribution in [0.1, 0.15) is 41.9 Å². The number of benzene rings is 2. The van der Waals surface area contributed by atoms with Gasteiger partial charge in [-0.15, -0.1) is 0 Å². The summed E-state index contributed by atoms with van der Waals surface area (Å²) in [6, 6.07) is 16.0.